The first-order chi connectivity index (χ1) is 14.5. The molecule has 32 heavy (non-hydrogen) atoms. The van der Waals surface area contributed by atoms with Gasteiger partial charge in [0.15, 0.2) is 5.65 Å². The molecule has 0 radical (unpaired) electrons. The minimum Gasteiger partial charge on any atom is -0.507 e. The minimum absolute atomic E-state index is 0.161. The van der Waals surface area contributed by atoms with Crippen LogP contribution in [-0.4, -0.2) is 37.0 Å². The van der Waals surface area contributed by atoms with Crippen LogP contribution in [0.1, 0.15) is 13.8 Å². The molecule has 178 valence electrons. The molecule has 6 nitrogen and oxygen atoms in total. The third-order valence-electron chi connectivity index (χ3n) is 3.04. The van der Waals surface area contributed by atoms with Gasteiger partial charge in [-0.3, -0.25) is 4.79 Å². The number of nitrogens with one attached hydrogen (secondary N) is 1. The van der Waals surface area contributed by atoms with Gasteiger partial charge in [0.1, 0.15) is 17.0 Å². The number of hydrogen-bond acceptors (Lipinski definition) is 6. The van der Waals surface area contributed by atoms with Gasteiger partial charge < -0.3 is 14.8 Å². The average Bonchev–Trinajstić information content (AvgIpc) is 2.90. The summed E-state index contributed by atoms with van der Waals surface area (Å²) in [5.41, 5.74) is -8.26. The lowest BCUT2D eigenvalue weighted by atomic mass is 10.3. The zero-order valence-corrected chi connectivity index (χ0v) is 18.0. The van der Waals surface area contributed by atoms with Crippen molar-refractivity contribution in [2.75, 3.05) is 0 Å². The predicted octanol–water partition coefficient (Wildman–Crippen LogP) is 5.22. The van der Waals surface area contributed by atoms with Crippen molar-refractivity contribution < 1.29 is 40.6 Å². The number of fused-ring (bicyclic) bond motifs is 1. The highest BCUT2D eigenvalue weighted by Crippen LogP contribution is 2.32. The third kappa shape index (κ3) is 10.2. The average molecular weight is 507 g/mol. The summed E-state index contributed by atoms with van der Waals surface area (Å²) in [5.74, 6) is -0.402. The van der Waals surface area contributed by atoms with E-state index in [1.54, 1.807) is 0 Å². The number of alkyl halides is 6. The van der Waals surface area contributed by atoms with E-state index < -0.39 is 16.6 Å². The number of ether oxygens (including phenoxy) is 1. The molecule has 0 aliphatic carbocycles. The highest BCUT2D eigenvalue weighted by atomic mass is 32.1. The molecule has 2 heterocycles. The van der Waals surface area contributed by atoms with Gasteiger partial charge in [0, 0.05) is 6.07 Å². The summed E-state index contributed by atoms with van der Waals surface area (Å²) in [7, 11) is 0. The minimum atomic E-state index is -4.31. The molecule has 3 aromatic rings. The summed E-state index contributed by atoms with van der Waals surface area (Å²) >= 11 is 4.25. The Morgan fingerprint density at radius 3 is 1.97 bits per heavy atom. The fourth-order valence-corrected chi connectivity index (χ4v) is 2.17. The first kappa shape index (κ1) is 27.5. The maximum atomic E-state index is 13.1. The van der Waals surface area contributed by atoms with E-state index >= 15 is 0 Å². The molecular formula is C17H16F7N3O3S2. The van der Waals surface area contributed by atoms with Crippen molar-refractivity contribution in [1.29, 1.82) is 0 Å². The first-order valence-electron chi connectivity index (χ1n) is 8.31. The summed E-state index contributed by atoms with van der Waals surface area (Å²) in [6.07, 6.45) is -0.161. The number of halogens is 7. The van der Waals surface area contributed by atoms with E-state index in [-0.39, 0.29) is 29.2 Å². The van der Waals surface area contributed by atoms with Gasteiger partial charge in [0.25, 0.3) is 5.56 Å². The number of thiol groups is 2. The van der Waals surface area contributed by atoms with Crippen LogP contribution in [0.5, 0.6) is 11.6 Å². The highest BCUT2D eigenvalue weighted by Gasteiger charge is 2.19. The quantitative estimate of drug-likeness (QED) is 0.290. The highest BCUT2D eigenvalue weighted by molar-refractivity contribution is 7.81. The molecule has 0 fully saturated rings. The third-order valence-corrected chi connectivity index (χ3v) is 3.04. The molecule has 0 bridgehead atoms. The van der Waals surface area contributed by atoms with Gasteiger partial charge in [-0.2, -0.15) is 26.3 Å². The zero-order chi connectivity index (χ0) is 24.9. The lowest BCUT2D eigenvalue weighted by molar-refractivity contribution is -0.0313. The molecule has 0 aliphatic heterocycles. The fourth-order valence-electron chi connectivity index (χ4n) is 2.17. The first-order valence-corrected chi connectivity index (χ1v) is 9.21. The van der Waals surface area contributed by atoms with Crippen LogP contribution in [0.2, 0.25) is 0 Å². The van der Waals surface area contributed by atoms with Gasteiger partial charge in [-0.25, -0.2) is 9.07 Å². The molecule has 0 saturated heterocycles. The van der Waals surface area contributed by atoms with Gasteiger partial charge in [-0.05, 0) is 38.1 Å². The molecule has 2 aromatic heterocycles. The maximum Gasteiger partial charge on any atom is 0.438 e. The molecule has 0 atom stereocenters. The maximum absolute atomic E-state index is 13.1. The lowest BCUT2D eigenvalue weighted by Crippen LogP contribution is -2.06. The van der Waals surface area contributed by atoms with E-state index in [4.69, 9.17) is 4.74 Å². The number of benzene rings is 1. The molecule has 15 heteroatoms. The molecule has 0 amide bonds. The Balaban J connectivity index is 0.000000431. The number of nitrogens with zero attached hydrogens (tertiary/aromatic N) is 2. The summed E-state index contributed by atoms with van der Waals surface area (Å²) in [4.78, 5) is 14.2. The SMILES string of the molecule is CC(C)Oc1nn(-c2ccc(F)cc2)c2[nH]c(=O)cc(O)c12.FC(F)(F)S.FC(F)(F)S. The van der Waals surface area contributed by atoms with E-state index in [1.807, 2.05) is 13.8 Å². The van der Waals surface area contributed by atoms with Crippen LogP contribution < -0.4 is 10.3 Å². The number of pyridine rings is 1. The van der Waals surface area contributed by atoms with Crippen LogP contribution in [0.4, 0.5) is 30.7 Å². The van der Waals surface area contributed by atoms with Crippen LogP contribution in [0, 0.1) is 5.82 Å². The Morgan fingerprint density at radius 1 is 1.06 bits per heavy atom. The van der Waals surface area contributed by atoms with Crippen LogP contribution in [0.3, 0.4) is 0 Å². The van der Waals surface area contributed by atoms with Crippen molar-refractivity contribution in [2.45, 2.75) is 31.0 Å². The van der Waals surface area contributed by atoms with Crippen LogP contribution in [0.25, 0.3) is 16.7 Å². The molecule has 3 rings (SSSR count). The number of aromatic amines is 1. The molecule has 0 spiro atoms. The number of H-pyrrole nitrogens is 1. The zero-order valence-electron chi connectivity index (χ0n) is 16.2. The summed E-state index contributed by atoms with van der Waals surface area (Å²) in [5, 5.41) is 14.6. The molecule has 0 aliphatic rings. The van der Waals surface area contributed by atoms with Crippen LogP contribution in [-0.2, 0) is 0 Å². The van der Waals surface area contributed by atoms with Gasteiger partial charge in [-0.15, -0.1) is 5.10 Å². The fraction of sp³-hybridized carbons (Fsp3) is 0.294. The van der Waals surface area contributed by atoms with E-state index in [0.29, 0.717) is 11.1 Å². The molecular weight excluding hydrogens is 491 g/mol. The Labute approximate surface area is 186 Å². The topological polar surface area (TPSA) is 80.1 Å². The number of hydrogen-bond donors (Lipinski definition) is 4. The molecule has 0 saturated carbocycles. The summed E-state index contributed by atoms with van der Waals surface area (Å²) < 4.78 is 81.4. The predicted molar refractivity (Wildman–Crippen MR) is 109 cm³/mol. The van der Waals surface area contributed by atoms with Crippen LogP contribution >= 0.6 is 25.3 Å². The number of rotatable bonds is 3. The normalized spacial score (nSPS) is 11.5. The smallest absolute Gasteiger partial charge is 0.438 e. The van der Waals surface area contributed by atoms with Crippen LogP contribution in [0.15, 0.2) is 35.1 Å². The second-order valence-electron chi connectivity index (χ2n) is 6.04. The van der Waals surface area contributed by atoms with E-state index in [9.17, 15) is 40.6 Å². The number of aromatic nitrogens is 3. The Hall–Kier alpha value is -2.55. The largest absolute Gasteiger partial charge is 0.507 e. The molecule has 2 N–H and O–H groups in total. The standard InChI is InChI=1S/C15H14FN3O3.2CHF3S/c1-8(2)22-15-13-11(20)7-12(21)17-14(13)19(18-15)10-5-3-9(16)4-6-10;2*2-1(3,4)5/h3-8H,1-2H3,(H2,17,20,21);2*5H. The van der Waals surface area contributed by atoms with Crippen molar-refractivity contribution in [1.82, 2.24) is 14.8 Å². The van der Waals surface area contributed by atoms with Crippen molar-refractivity contribution in [3.8, 4) is 17.3 Å². The van der Waals surface area contributed by atoms with Crippen molar-refractivity contribution in [2.24, 2.45) is 0 Å². The van der Waals surface area contributed by atoms with Crippen molar-refractivity contribution >= 4 is 36.3 Å². The van der Waals surface area contributed by atoms with Gasteiger partial charge in [-0.1, -0.05) is 25.3 Å². The monoisotopic (exact) mass is 507 g/mol. The van der Waals surface area contributed by atoms with E-state index in [1.165, 1.54) is 28.9 Å². The second kappa shape index (κ2) is 10.8. The van der Waals surface area contributed by atoms with E-state index in [0.717, 1.165) is 6.07 Å². The Morgan fingerprint density at radius 2 is 1.53 bits per heavy atom. The van der Waals surface area contributed by atoms with Gasteiger partial charge >= 0.3 is 11.0 Å². The Bertz CT molecular complexity index is 1050. The van der Waals surface area contributed by atoms with Crippen molar-refractivity contribution in [3.63, 3.8) is 0 Å². The van der Waals surface area contributed by atoms with Gasteiger partial charge in [0.05, 0.1) is 11.8 Å². The molecule has 1 aromatic carbocycles. The lowest BCUT2D eigenvalue weighted by Gasteiger charge is -2.06. The second-order valence-corrected chi connectivity index (χ2v) is 7.05. The van der Waals surface area contributed by atoms with E-state index in [2.05, 4.69) is 35.3 Å². The summed E-state index contributed by atoms with van der Waals surface area (Å²) in [6, 6.07) is 6.66. The van der Waals surface area contributed by atoms with Gasteiger partial charge in [0.2, 0.25) is 5.88 Å². The van der Waals surface area contributed by atoms with Crippen molar-refractivity contribution in [3.05, 3.63) is 46.5 Å². The Kier molecular flexibility index (Phi) is 9.32. The molecule has 0 unspecified atom stereocenters. The summed E-state index contributed by atoms with van der Waals surface area (Å²) in [6.45, 7) is 3.65. The number of aromatic hydroxyl groups is 1.